The second-order valence-corrected chi connectivity index (χ2v) is 4.40. The van der Waals surface area contributed by atoms with E-state index in [0.717, 1.165) is 22.9 Å². The van der Waals surface area contributed by atoms with E-state index in [-0.39, 0.29) is 0 Å². The van der Waals surface area contributed by atoms with Crippen LogP contribution in [-0.4, -0.2) is 5.11 Å². The van der Waals surface area contributed by atoms with Crippen molar-refractivity contribution < 1.29 is 5.11 Å². The van der Waals surface area contributed by atoms with Gasteiger partial charge < -0.3 is 5.11 Å². The first kappa shape index (κ1) is 9.81. The van der Waals surface area contributed by atoms with Crippen molar-refractivity contribution in [3.05, 3.63) is 28.6 Å². The molecule has 0 aliphatic carbocycles. The summed E-state index contributed by atoms with van der Waals surface area (Å²) < 4.78 is 1.20. The molecule has 1 aromatic carbocycles. The van der Waals surface area contributed by atoms with Gasteiger partial charge in [0, 0.05) is 16.0 Å². The van der Waals surface area contributed by atoms with Crippen molar-refractivity contribution in [3.63, 3.8) is 0 Å². The highest BCUT2D eigenvalue weighted by atomic mass is 35.5. The predicted octanol–water partition coefficient (Wildman–Crippen LogP) is 3.91. The number of aromatic hydroxyl groups is 1. The molecule has 0 spiro atoms. The molecule has 0 unspecified atom stereocenters. The van der Waals surface area contributed by atoms with Gasteiger partial charge in [0.2, 0.25) is 0 Å². The number of phenolic OH excluding ortho intramolecular Hbond substituents is 1. The molecule has 1 nitrogen and oxygen atoms in total. The van der Waals surface area contributed by atoms with Gasteiger partial charge in [0.15, 0.2) is 0 Å². The number of benzene rings is 1. The molecule has 0 bridgehead atoms. The molecule has 0 saturated carbocycles. The largest absolute Gasteiger partial charge is 0.508 e. The summed E-state index contributed by atoms with van der Waals surface area (Å²) in [5.74, 6) is 0.884. The molecule has 0 aliphatic rings. The summed E-state index contributed by atoms with van der Waals surface area (Å²) in [7, 11) is 0. The fourth-order valence-electron chi connectivity index (χ4n) is 1.54. The lowest BCUT2D eigenvalue weighted by Crippen LogP contribution is -1.81. The zero-order valence-electron chi connectivity index (χ0n) is 7.88. The number of aryl methyl sites for hydroxylation is 1. The minimum absolute atomic E-state index is 0.379. The predicted molar refractivity (Wildman–Crippen MR) is 62.4 cm³/mol. The first-order valence-corrected chi connectivity index (χ1v) is 5.95. The Hall–Kier alpha value is -0.730. The van der Waals surface area contributed by atoms with Crippen LogP contribution in [-0.2, 0) is 12.3 Å². The molecule has 0 saturated heterocycles. The third-order valence-corrected chi connectivity index (χ3v) is 3.66. The molecule has 1 heterocycles. The van der Waals surface area contributed by atoms with Crippen LogP contribution in [0.1, 0.15) is 18.1 Å². The van der Waals surface area contributed by atoms with Gasteiger partial charge in [-0.1, -0.05) is 6.92 Å². The lowest BCUT2D eigenvalue weighted by Gasteiger charge is -2.02. The number of phenols is 1. The first-order chi connectivity index (χ1) is 6.76. The number of rotatable bonds is 2. The van der Waals surface area contributed by atoms with Gasteiger partial charge >= 0.3 is 0 Å². The van der Waals surface area contributed by atoms with E-state index in [0.29, 0.717) is 11.6 Å². The lowest BCUT2D eigenvalue weighted by atomic mass is 10.1. The summed E-state index contributed by atoms with van der Waals surface area (Å²) >= 11 is 7.48. The van der Waals surface area contributed by atoms with Gasteiger partial charge in [0.05, 0.1) is 0 Å². The highest BCUT2D eigenvalue weighted by Crippen LogP contribution is 2.32. The van der Waals surface area contributed by atoms with Gasteiger partial charge in [-0.2, -0.15) is 0 Å². The number of fused-ring (bicyclic) bond motifs is 1. The van der Waals surface area contributed by atoms with Crippen LogP contribution in [0.2, 0.25) is 0 Å². The molecule has 14 heavy (non-hydrogen) atoms. The highest BCUT2D eigenvalue weighted by molar-refractivity contribution is 7.17. The molecule has 74 valence electrons. The number of hydrogen-bond donors (Lipinski definition) is 1. The topological polar surface area (TPSA) is 20.2 Å². The Balaban J connectivity index is 2.69. The van der Waals surface area contributed by atoms with Gasteiger partial charge in [-0.3, -0.25) is 0 Å². The maximum atomic E-state index is 9.71. The normalized spacial score (nSPS) is 11.0. The van der Waals surface area contributed by atoms with E-state index in [1.54, 1.807) is 11.3 Å². The van der Waals surface area contributed by atoms with E-state index < -0.39 is 0 Å². The lowest BCUT2D eigenvalue weighted by molar-refractivity contribution is 0.470. The quantitative estimate of drug-likeness (QED) is 0.770. The Bertz CT molecular complexity index is 462. The van der Waals surface area contributed by atoms with Gasteiger partial charge in [-0.05, 0) is 35.1 Å². The Kier molecular flexibility index (Phi) is 2.66. The first-order valence-electron chi connectivity index (χ1n) is 4.54. The molecule has 3 heteroatoms. The standard InChI is InChI=1S/C11H11ClOS/c1-2-7-3-11-9(4-10(7)13)8(5-12)6-14-11/h3-4,6,13H,2,5H2,1H3. The van der Waals surface area contributed by atoms with Gasteiger partial charge in [-0.25, -0.2) is 0 Å². The van der Waals surface area contributed by atoms with E-state index >= 15 is 0 Å². The molecule has 2 rings (SSSR count). The molecular formula is C11H11ClOS. The number of alkyl halides is 1. The van der Waals surface area contributed by atoms with Crippen LogP contribution in [0.5, 0.6) is 5.75 Å². The Morgan fingerprint density at radius 2 is 2.14 bits per heavy atom. The van der Waals surface area contributed by atoms with Crippen molar-refractivity contribution >= 4 is 33.0 Å². The zero-order valence-corrected chi connectivity index (χ0v) is 9.45. The molecule has 0 radical (unpaired) electrons. The van der Waals surface area contributed by atoms with E-state index in [9.17, 15) is 5.11 Å². The minimum atomic E-state index is 0.379. The van der Waals surface area contributed by atoms with Crippen LogP contribution in [0.15, 0.2) is 17.5 Å². The Labute approximate surface area is 91.9 Å². The van der Waals surface area contributed by atoms with Crippen molar-refractivity contribution in [3.8, 4) is 5.75 Å². The summed E-state index contributed by atoms with van der Waals surface area (Å²) in [6, 6.07) is 3.87. The Morgan fingerprint density at radius 1 is 1.36 bits per heavy atom. The van der Waals surface area contributed by atoms with Crippen LogP contribution in [0.4, 0.5) is 0 Å². The number of thiophene rings is 1. The molecule has 0 fully saturated rings. The maximum absolute atomic E-state index is 9.71. The number of hydrogen-bond acceptors (Lipinski definition) is 2. The summed E-state index contributed by atoms with van der Waals surface area (Å²) in [4.78, 5) is 0. The zero-order chi connectivity index (χ0) is 10.1. The highest BCUT2D eigenvalue weighted by Gasteiger charge is 2.07. The third-order valence-electron chi connectivity index (χ3n) is 2.38. The molecule has 2 aromatic rings. The van der Waals surface area contributed by atoms with Crippen molar-refractivity contribution in [2.45, 2.75) is 19.2 Å². The molecule has 1 aromatic heterocycles. The van der Waals surface area contributed by atoms with Crippen LogP contribution >= 0.6 is 22.9 Å². The molecular weight excluding hydrogens is 216 g/mol. The monoisotopic (exact) mass is 226 g/mol. The minimum Gasteiger partial charge on any atom is -0.508 e. The molecule has 0 atom stereocenters. The van der Waals surface area contributed by atoms with Crippen molar-refractivity contribution in [1.29, 1.82) is 0 Å². The van der Waals surface area contributed by atoms with Gasteiger partial charge in [0.1, 0.15) is 5.75 Å². The van der Waals surface area contributed by atoms with Gasteiger partial charge in [0.25, 0.3) is 0 Å². The Morgan fingerprint density at radius 3 is 2.79 bits per heavy atom. The van der Waals surface area contributed by atoms with Crippen LogP contribution in [0.25, 0.3) is 10.1 Å². The summed E-state index contributed by atoms with van der Waals surface area (Å²) in [5, 5.41) is 12.8. The molecule has 0 aliphatic heterocycles. The second kappa shape index (κ2) is 3.79. The summed E-state index contributed by atoms with van der Waals surface area (Å²) in [6.45, 7) is 2.04. The van der Waals surface area contributed by atoms with E-state index in [2.05, 4.69) is 5.38 Å². The fourth-order valence-corrected chi connectivity index (χ4v) is 2.86. The van der Waals surface area contributed by atoms with Crippen LogP contribution < -0.4 is 0 Å². The fraction of sp³-hybridized carbons (Fsp3) is 0.273. The average molecular weight is 227 g/mol. The van der Waals surface area contributed by atoms with Crippen LogP contribution in [0.3, 0.4) is 0 Å². The maximum Gasteiger partial charge on any atom is 0.119 e. The van der Waals surface area contributed by atoms with Gasteiger partial charge in [-0.15, -0.1) is 22.9 Å². The van der Waals surface area contributed by atoms with E-state index in [1.807, 2.05) is 19.1 Å². The average Bonchev–Trinajstić information content (AvgIpc) is 2.58. The van der Waals surface area contributed by atoms with Crippen molar-refractivity contribution in [2.75, 3.05) is 0 Å². The van der Waals surface area contributed by atoms with Crippen molar-refractivity contribution in [2.24, 2.45) is 0 Å². The van der Waals surface area contributed by atoms with E-state index in [1.165, 1.54) is 4.70 Å². The van der Waals surface area contributed by atoms with Crippen molar-refractivity contribution in [1.82, 2.24) is 0 Å². The molecule has 1 N–H and O–H groups in total. The summed E-state index contributed by atoms with van der Waals surface area (Å²) in [6.07, 6.45) is 0.857. The SMILES string of the molecule is CCc1cc2scc(CCl)c2cc1O. The summed E-state index contributed by atoms with van der Waals surface area (Å²) in [5.41, 5.74) is 2.10. The van der Waals surface area contributed by atoms with E-state index in [4.69, 9.17) is 11.6 Å². The second-order valence-electron chi connectivity index (χ2n) is 3.23. The third kappa shape index (κ3) is 1.49. The van der Waals surface area contributed by atoms with Crippen LogP contribution in [0, 0.1) is 0 Å². The molecule has 0 amide bonds. The number of halogens is 1. The smallest absolute Gasteiger partial charge is 0.119 e.